The van der Waals surface area contributed by atoms with Crippen LogP contribution in [-0.2, 0) is 11.8 Å². The molecule has 0 unspecified atom stereocenters. The quantitative estimate of drug-likeness (QED) is 0.621. The highest BCUT2D eigenvalue weighted by Gasteiger charge is 2.24. The highest BCUT2D eigenvalue weighted by molar-refractivity contribution is 5.63. The van der Waals surface area contributed by atoms with Gasteiger partial charge in [-0.1, -0.05) is 0 Å². The van der Waals surface area contributed by atoms with Crippen LogP contribution in [0.4, 0.5) is 26.2 Å². The molecule has 1 fully saturated rings. The maximum Gasteiger partial charge on any atom is 0.368 e. The fourth-order valence-corrected chi connectivity index (χ4v) is 2.39. The lowest BCUT2D eigenvalue weighted by Gasteiger charge is -2.27. The highest BCUT2D eigenvalue weighted by Crippen LogP contribution is 2.31. The van der Waals surface area contributed by atoms with Gasteiger partial charge in [-0.15, -0.1) is 0 Å². The predicted molar refractivity (Wildman–Crippen MR) is 91.5 cm³/mol. The fourth-order valence-electron chi connectivity index (χ4n) is 2.39. The van der Waals surface area contributed by atoms with Crippen LogP contribution in [0.5, 0.6) is 5.75 Å². The highest BCUT2D eigenvalue weighted by atomic mass is 19.1. The van der Waals surface area contributed by atoms with Crippen molar-refractivity contribution in [2.45, 2.75) is 6.10 Å². The normalized spacial score (nSPS) is 14.0. The van der Waals surface area contributed by atoms with Gasteiger partial charge in [0.25, 0.3) is 0 Å². The smallest absolute Gasteiger partial charge is 0.368 e. The Morgan fingerprint density at radius 1 is 1.29 bits per heavy atom. The first-order valence-corrected chi connectivity index (χ1v) is 8.04. The molecule has 1 aliphatic rings. The maximum absolute atomic E-state index is 14.6. The van der Waals surface area contributed by atoms with Crippen LogP contribution in [0.2, 0.25) is 0 Å². The summed E-state index contributed by atoms with van der Waals surface area (Å²) in [6, 6.07) is 2.37. The van der Waals surface area contributed by atoms with E-state index < -0.39 is 23.1 Å². The summed E-state index contributed by atoms with van der Waals surface area (Å²) in [5.41, 5.74) is 4.88. The Hall–Kier alpha value is -3.61. The average molecular weight is 392 g/mol. The maximum atomic E-state index is 14.6. The minimum absolute atomic E-state index is 0.0819. The average Bonchev–Trinajstić information content (AvgIpc) is 2.95. The third kappa shape index (κ3) is 3.22. The summed E-state index contributed by atoms with van der Waals surface area (Å²) in [5.74, 6) is -1.96. The van der Waals surface area contributed by atoms with Crippen molar-refractivity contribution in [2.75, 3.05) is 24.3 Å². The lowest BCUT2D eigenvalue weighted by Crippen LogP contribution is -2.39. The van der Waals surface area contributed by atoms with E-state index in [0.717, 1.165) is 21.6 Å². The van der Waals surface area contributed by atoms with E-state index in [1.54, 1.807) is 0 Å². The van der Waals surface area contributed by atoms with Crippen molar-refractivity contribution in [1.29, 1.82) is 0 Å². The summed E-state index contributed by atoms with van der Waals surface area (Å²) in [7, 11) is 1.42. The number of nitrogen functional groups attached to an aromatic ring is 1. The molecule has 0 radical (unpaired) electrons. The molecule has 0 atom stereocenters. The molecule has 2 aromatic heterocycles. The molecule has 11 nitrogen and oxygen atoms in total. The third-order valence-electron chi connectivity index (χ3n) is 3.92. The number of rotatable bonds is 5. The number of nitrogens with one attached hydrogen (secondary N) is 1. The minimum Gasteiger partial charge on any atom is -0.483 e. The first-order valence-electron chi connectivity index (χ1n) is 8.04. The molecule has 4 rings (SSSR count). The van der Waals surface area contributed by atoms with Crippen molar-refractivity contribution < 1.29 is 18.3 Å². The molecule has 3 aromatic rings. The molecule has 146 valence electrons. The van der Waals surface area contributed by atoms with Crippen molar-refractivity contribution >= 4 is 17.5 Å². The van der Waals surface area contributed by atoms with E-state index >= 15 is 0 Å². The number of benzene rings is 1. The van der Waals surface area contributed by atoms with Crippen LogP contribution in [0.1, 0.15) is 0 Å². The zero-order valence-electron chi connectivity index (χ0n) is 14.5. The number of anilines is 3. The van der Waals surface area contributed by atoms with Crippen LogP contribution in [-0.4, -0.2) is 49.1 Å². The second-order valence-corrected chi connectivity index (χ2v) is 5.93. The molecule has 0 aliphatic carbocycles. The molecule has 0 spiro atoms. The van der Waals surface area contributed by atoms with Gasteiger partial charge in [-0.05, 0) is 16.5 Å². The van der Waals surface area contributed by atoms with E-state index in [1.807, 2.05) is 0 Å². The lowest BCUT2D eigenvalue weighted by molar-refractivity contribution is -0.0797. The van der Waals surface area contributed by atoms with Gasteiger partial charge in [0.2, 0.25) is 5.95 Å². The van der Waals surface area contributed by atoms with Crippen molar-refractivity contribution in [2.24, 2.45) is 7.05 Å². The third-order valence-corrected chi connectivity index (χ3v) is 3.92. The van der Waals surface area contributed by atoms with Crippen LogP contribution in [0.3, 0.4) is 0 Å². The summed E-state index contributed by atoms with van der Waals surface area (Å²) in [6.45, 7) is 0.693. The number of aromatic nitrogens is 6. The summed E-state index contributed by atoms with van der Waals surface area (Å²) < 4.78 is 40.6. The summed E-state index contributed by atoms with van der Waals surface area (Å²) >= 11 is 0. The number of nitrogens with zero attached hydrogens (tertiary/aromatic N) is 6. The van der Waals surface area contributed by atoms with E-state index in [9.17, 15) is 13.6 Å². The van der Waals surface area contributed by atoms with Gasteiger partial charge < -0.3 is 20.5 Å². The molecule has 3 N–H and O–H groups in total. The Labute approximate surface area is 155 Å². The van der Waals surface area contributed by atoms with Crippen molar-refractivity contribution in [3.63, 3.8) is 0 Å². The van der Waals surface area contributed by atoms with E-state index in [0.29, 0.717) is 13.2 Å². The largest absolute Gasteiger partial charge is 0.483 e. The van der Waals surface area contributed by atoms with Crippen LogP contribution in [0, 0.1) is 11.6 Å². The number of halogens is 2. The Bertz CT molecular complexity index is 1100. The van der Waals surface area contributed by atoms with Gasteiger partial charge in [-0.25, -0.2) is 18.6 Å². The Balaban J connectivity index is 1.76. The molecular formula is C15H14F2N8O3. The van der Waals surface area contributed by atoms with Crippen LogP contribution < -0.4 is 21.5 Å². The Morgan fingerprint density at radius 2 is 2.07 bits per heavy atom. The standard InChI is InChI=1S/C15H14F2N8O3/c1-24-15(26)25(23-22-24)11-3-10(20-14-19-4-9(17)13(18)21-14)8(16)2-12(11)28-7-5-27-6-7/h2-4,7H,5-6H2,1H3,(H3,18,19,20,21). The number of hydrogen-bond acceptors (Lipinski definition) is 9. The second kappa shape index (κ2) is 6.84. The van der Waals surface area contributed by atoms with E-state index in [-0.39, 0.29) is 29.2 Å². The zero-order chi connectivity index (χ0) is 19.8. The summed E-state index contributed by atoms with van der Waals surface area (Å²) in [6.07, 6.45) is 0.578. The molecule has 3 heterocycles. The minimum atomic E-state index is -0.802. The molecule has 0 amide bonds. The molecule has 0 saturated carbocycles. The second-order valence-electron chi connectivity index (χ2n) is 5.93. The Kier molecular flexibility index (Phi) is 4.35. The number of aryl methyl sites for hydroxylation is 1. The molecule has 0 bridgehead atoms. The van der Waals surface area contributed by atoms with Crippen molar-refractivity contribution in [3.8, 4) is 11.4 Å². The number of tetrazole rings is 1. The molecule has 13 heteroatoms. The zero-order valence-corrected chi connectivity index (χ0v) is 14.5. The first-order chi connectivity index (χ1) is 13.4. The van der Waals surface area contributed by atoms with E-state index in [4.69, 9.17) is 15.2 Å². The van der Waals surface area contributed by atoms with Gasteiger partial charge >= 0.3 is 5.69 Å². The number of hydrogen-bond donors (Lipinski definition) is 2. The van der Waals surface area contributed by atoms with Gasteiger partial charge in [0.15, 0.2) is 17.5 Å². The number of ether oxygens (including phenoxy) is 2. The fraction of sp³-hybridized carbons (Fsp3) is 0.267. The van der Waals surface area contributed by atoms with Gasteiger partial charge in [-0.3, -0.25) is 0 Å². The first kappa shape index (κ1) is 17.8. The van der Waals surface area contributed by atoms with Crippen LogP contribution in [0.25, 0.3) is 5.69 Å². The number of nitrogens with two attached hydrogens (primary N) is 1. The topological polar surface area (TPSA) is 135 Å². The molecular weight excluding hydrogens is 378 g/mol. The SMILES string of the molecule is Cn1nnn(-c2cc(Nc3ncc(F)c(N)n3)c(F)cc2OC2COC2)c1=O. The molecule has 1 aliphatic heterocycles. The Morgan fingerprint density at radius 3 is 2.68 bits per heavy atom. The molecule has 1 saturated heterocycles. The van der Waals surface area contributed by atoms with Crippen LogP contribution in [0.15, 0.2) is 23.1 Å². The van der Waals surface area contributed by atoms with Crippen LogP contribution >= 0.6 is 0 Å². The lowest BCUT2D eigenvalue weighted by atomic mass is 10.2. The monoisotopic (exact) mass is 392 g/mol. The molecule has 1 aromatic carbocycles. The van der Waals surface area contributed by atoms with E-state index in [1.165, 1.54) is 13.1 Å². The van der Waals surface area contributed by atoms with Gasteiger partial charge in [0.1, 0.15) is 17.5 Å². The summed E-state index contributed by atoms with van der Waals surface area (Å²) in [4.78, 5) is 19.6. The van der Waals surface area contributed by atoms with Gasteiger partial charge in [0.05, 0.1) is 25.1 Å². The van der Waals surface area contributed by atoms with E-state index in [2.05, 4.69) is 25.7 Å². The summed E-state index contributed by atoms with van der Waals surface area (Å²) in [5, 5.41) is 9.99. The van der Waals surface area contributed by atoms with Crippen molar-refractivity contribution in [1.82, 2.24) is 29.8 Å². The van der Waals surface area contributed by atoms with Gasteiger partial charge in [0, 0.05) is 13.1 Å². The predicted octanol–water partition coefficient (Wildman–Crippen LogP) is 0.138. The van der Waals surface area contributed by atoms with Gasteiger partial charge in [-0.2, -0.15) is 14.3 Å². The molecule has 28 heavy (non-hydrogen) atoms. The van der Waals surface area contributed by atoms with Crippen molar-refractivity contribution in [3.05, 3.63) is 40.4 Å².